The first-order valence-corrected chi connectivity index (χ1v) is 7.66. The van der Waals surface area contributed by atoms with Crippen molar-refractivity contribution in [2.24, 2.45) is 0 Å². The van der Waals surface area contributed by atoms with Crippen LogP contribution >= 0.6 is 38.9 Å². The van der Waals surface area contributed by atoms with E-state index in [0.717, 1.165) is 15.4 Å². The van der Waals surface area contributed by atoms with E-state index in [9.17, 15) is 4.79 Å². The highest BCUT2D eigenvalue weighted by Gasteiger charge is 2.07. The van der Waals surface area contributed by atoms with Crippen LogP contribution in [0.15, 0.2) is 40.2 Å². The Morgan fingerprint density at radius 3 is 2.95 bits per heavy atom. The van der Waals surface area contributed by atoms with Crippen LogP contribution in [-0.2, 0) is 11.4 Å². The standard InChI is InChI=1S/C14H10BrClO3S/c15-9-6-10(20-8-9)7-19-13-3-1-2-12(16)11(13)4-5-14(17)18/h1-6,8H,7H2,(H,17,18)/b5-4+. The van der Waals surface area contributed by atoms with Crippen LogP contribution in [0.5, 0.6) is 5.75 Å². The van der Waals surface area contributed by atoms with Crippen molar-refractivity contribution in [3.05, 3.63) is 55.7 Å². The van der Waals surface area contributed by atoms with Crippen molar-refractivity contribution in [2.75, 3.05) is 0 Å². The molecule has 0 saturated carbocycles. The van der Waals surface area contributed by atoms with Gasteiger partial charge in [0, 0.05) is 26.4 Å². The van der Waals surface area contributed by atoms with E-state index < -0.39 is 5.97 Å². The summed E-state index contributed by atoms with van der Waals surface area (Å²) in [6.45, 7) is 0.407. The number of hydrogen-bond donors (Lipinski definition) is 1. The molecule has 6 heteroatoms. The molecule has 0 fully saturated rings. The lowest BCUT2D eigenvalue weighted by atomic mass is 10.2. The first kappa shape index (κ1) is 15.1. The maximum absolute atomic E-state index is 10.6. The minimum atomic E-state index is -1.03. The van der Waals surface area contributed by atoms with Crippen LogP contribution in [0, 0.1) is 0 Å². The second kappa shape index (κ2) is 6.92. The molecular formula is C14H10BrClO3S. The fraction of sp³-hybridized carbons (Fsp3) is 0.0714. The first-order valence-electron chi connectivity index (χ1n) is 5.61. The Hall–Kier alpha value is -1.30. The van der Waals surface area contributed by atoms with Gasteiger partial charge in [-0.05, 0) is 40.2 Å². The molecule has 3 nitrogen and oxygen atoms in total. The predicted octanol–water partition coefficient (Wildman–Crippen LogP) is 4.84. The van der Waals surface area contributed by atoms with Crippen LogP contribution < -0.4 is 4.74 Å². The van der Waals surface area contributed by atoms with Crippen molar-refractivity contribution >= 4 is 50.9 Å². The van der Waals surface area contributed by atoms with Crippen molar-refractivity contribution in [2.45, 2.75) is 6.61 Å². The average molecular weight is 374 g/mol. The van der Waals surface area contributed by atoms with Crippen molar-refractivity contribution in [1.29, 1.82) is 0 Å². The smallest absolute Gasteiger partial charge is 0.328 e. The number of benzene rings is 1. The van der Waals surface area contributed by atoms with E-state index in [0.29, 0.717) is 22.9 Å². The second-order valence-electron chi connectivity index (χ2n) is 3.84. The molecule has 0 amide bonds. The maximum Gasteiger partial charge on any atom is 0.328 e. The molecular weight excluding hydrogens is 364 g/mol. The third kappa shape index (κ3) is 4.10. The largest absolute Gasteiger partial charge is 0.487 e. The quantitative estimate of drug-likeness (QED) is 0.763. The monoisotopic (exact) mass is 372 g/mol. The van der Waals surface area contributed by atoms with E-state index in [-0.39, 0.29) is 0 Å². The topological polar surface area (TPSA) is 46.5 Å². The molecule has 0 atom stereocenters. The fourth-order valence-electron chi connectivity index (χ4n) is 1.54. The molecule has 1 aromatic carbocycles. The van der Waals surface area contributed by atoms with Crippen molar-refractivity contribution in [3.8, 4) is 5.75 Å². The Balaban J connectivity index is 2.18. The molecule has 0 spiro atoms. The van der Waals surface area contributed by atoms with Gasteiger partial charge in [0.15, 0.2) is 0 Å². The average Bonchev–Trinajstić information content (AvgIpc) is 2.81. The van der Waals surface area contributed by atoms with E-state index in [4.69, 9.17) is 21.4 Å². The van der Waals surface area contributed by atoms with Crippen LogP contribution in [-0.4, -0.2) is 11.1 Å². The van der Waals surface area contributed by atoms with Crippen LogP contribution in [0.2, 0.25) is 5.02 Å². The molecule has 20 heavy (non-hydrogen) atoms. The zero-order valence-electron chi connectivity index (χ0n) is 10.2. The number of thiophene rings is 1. The van der Waals surface area contributed by atoms with E-state index in [2.05, 4.69) is 15.9 Å². The lowest BCUT2D eigenvalue weighted by Gasteiger charge is -2.09. The molecule has 1 aromatic heterocycles. The number of ether oxygens (including phenoxy) is 1. The summed E-state index contributed by atoms with van der Waals surface area (Å²) >= 11 is 11.0. The minimum absolute atomic E-state index is 0.407. The van der Waals surface area contributed by atoms with Gasteiger partial charge in [-0.15, -0.1) is 11.3 Å². The first-order chi connectivity index (χ1) is 9.56. The number of aliphatic carboxylic acids is 1. The highest BCUT2D eigenvalue weighted by molar-refractivity contribution is 9.10. The number of carboxylic acid groups (broad SMARTS) is 1. The van der Waals surface area contributed by atoms with Crippen LogP contribution in [0.1, 0.15) is 10.4 Å². The number of hydrogen-bond acceptors (Lipinski definition) is 3. The van der Waals surface area contributed by atoms with Gasteiger partial charge < -0.3 is 9.84 Å². The Kier molecular flexibility index (Phi) is 5.23. The van der Waals surface area contributed by atoms with Gasteiger partial charge in [0.2, 0.25) is 0 Å². The number of rotatable bonds is 5. The molecule has 0 aliphatic rings. The normalized spacial score (nSPS) is 10.9. The fourth-order valence-corrected chi connectivity index (χ4v) is 3.13. The minimum Gasteiger partial charge on any atom is -0.487 e. The summed E-state index contributed by atoms with van der Waals surface area (Å²) in [5.74, 6) is -0.474. The van der Waals surface area contributed by atoms with E-state index in [1.165, 1.54) is 6.08 Å². The van der Waals surface area contributed by atoms with Crippen LogP contribution in [0.25, 0.3) is 6.08 Å². The molecule has 0 saturated heterocycles. The summed E-state index contributed by atoms with van der Waals surface area (Å²) in [5.41, 5.74) is 0.562. The highest BCUT2D eigenvalue weighted by Crippen LogP contribution is 2.29. The van der Waals surface area contributed by atoms with E-state index in [1.807, 2.05) is 11.4 Å². The highest BCUT2D eigenvalue weighted by atomic mass is 79.9. The Morgan fingerprint density at radius 2 is 2.30 bits per heavy atom. The molecule has 0 aliphatic heterocycles. The molecule has 2 aromatic rings. The molecule has 1 heterocycles. The van der Waals surface area contributed by atoms with Gasteiger partial charge in [-0.25, -0.2) is 4.79 Å². The van der Waals surface area contributed by atoms with Gasteiger partial charge in [0.25, 0.3) is 0 Å². The SMILES string of the molecule is O=C(O)/C=C/c1c(Cl)cccc1OCc1cc(Br)cs1. The predicted molar refractivity (Wildman–Crippen MR) is 84.5 cm³/mol. The number of halogens is 2. The van der Waals surface area contributed by atoms with E-state index in [1.54, 1.807) is 29.5 Å². The third-order valence-electron chi connectivity index (χ3n) is 2.40. The molecule has 0 aliphatic carbocycles. The van der Waals surface area contributed by atoms with Crippen molar-refractivity contribution in [1.82, 2.24) is 0 Å². The summed E-state index contributed by atoms with van der Waals surface area (Å²) in [4.78, 5) is 11.7. The van der Waals surface area contributed by atoms with Crippen molar-refractivity contribution < 1.29 is 14.6 Å². The summed E-state index contributed by atoms with van der Waals surface area (Å²) in [6, 6.07) is 7.19. The Labute approximate surface area is 133 Å². The zero-order chi connectivity index (χ0) is 14.5. The van der Waals surface area contributed by atoms with Gasteiger partial charge in [-0.1, -0.05) is 17.7 Å². The lowest BCUT2D eigenvalue weighted by Crippen LogP contribution is -1.96. The molecule has 104 valence electrons. The van der Waals surface area contributed by atoms with Gasteiger partial charge in [-0.3, -0.25) is 0 Å². The summed E-state index contributed by atoms with van der Waals surface area (Å²) in [6.07, 6.45) is 2.47. The third-order valence-corrected chi connectivity index (χ3v) is 4.40. The van der Waals surface area contributed by atoms with Gasteiger partial charge in [0.05, 0.1) is 5.02 Å². The number of carboxylic acids is 1. The molecule has 2 rings (SSSR count). The zero-order valence-corrected chi connectivity index (χ0v) is 13.3. The second-order valence-corrected chi connectivity index (χ2v) is 6.16. The van der Waals surface area contributed by atoms with Crippen molar-refractivity contribution in [3.63, 3.8) is 0 Å². The molecule has 0 radical (unpaired) electrons. The van der Waals surface area contributed by atoms with Gasteiger partial charge >= 0.3 is 5.97 Å². The summed E-state index contributed by atoms with van der Waals surface area (Å²) in [7, 11) is 0. The van der Waals surface area contributed by atoms with Gasteiger partial charge in [0.1, 0.15) is 12.4 Å². The number of carbonyl (C=O) groups is 1. The lowest BCUT2D eigenvalue weighted by molar-refractivity contribution is -0.131. The Bertz CT molecular complexity index is 652. The molecule has 1 N–H and O–H groups in total. The summed E-state index contributed by atoms with van der Waals surface area (Å²) in [5, 5.41) is 11.1. The molecule has 0 unspecified atom stereocenters. The maximum atomic E-state index is 10.6. The van der Waals surface area contributed by atoms with Crippen LogP contribution in [0.4, 0.5) is 0 Å². The van der Waals surface area contributed by atoms with Crippen LogP contribution in [0.3, 0.4) is 0 Å². The van der Waals surface area contributed by atoms with E-state index >= 15 is 0 Å². The Morgan fingerprint density at radius 1 is 1.50 bits per heavy atom. The van der Waals surface area contributed by atoms with Gasteiger partial charge in [-0.2, -0.15) is 0 Å². The summed E-state index contributed by atoms with van der Waals surface area (Å²) < 4.78 is 6.72. The molecule has 0 bridgehead atoms.